The predicted octanol–water partition coefficient (Wildman–Crippen LogP) is 4.05. The van der Waals surface area contributed by atoms with Crippen molar-refractivity contribution in [2.24, 2.45) is 5.92 Å². The maximum Gasteiger partial charge on any atom is 0.387 e. The number of ether oxygens (including phenoxy) is 2. The molecule has 2 amide bonds. The van der Waals surface area contributed by atoms with Crippen LogP contribution in [0, 0.1) is 5.92 Å². The summed E-state index contributed by atoms with van der Waals surface area (Å²) < 4.78 is 63.8. The monoisotopic (exact) mass is 470 g/mol. The first-order valence-corrected chi connectivity index (χ1v) is 10.1. The van der Waals surface area contributed by atoms with Crippen LogP contribution in [0.4, 0.5) is 17.6 Å². The number of benzene rings is 1. The lowest BCUT2D eigenvalue weighted by Crippen LogP contribution is -2.42. The van der Waals surface area contributed by atoms with Crippen molar-refractivity contribution < 1.29 is 41.0 Å². The first-order chi connectivity index (χ1) is 15.8. The van der Waals surface area contributed by atoms with Gasteiger partial charge in [-0.3, -0.25) is 9.59 Å². The van der Waals surface area contributed by atoms with E-state index in [4.69, 9.17) is 4.42 Å². The Labute approximate surface area is 186 Å². The molecule has 3 rings (SSSR count). The molecular weight excluding hydrogens is 448 g/mol. The number of furan rings is 1. The molecule has 1 aliphatic rings. The first kappa shape index (κ1) is 24.1. The number of carbonyl (C=O) groups excluding carboxylic acids is 2. The van der Waals surface area contributed by atoms with Crippen LogP contribution < -0.4 is 14.8 Å². The molecule has 0 unspecified atom stereocenters. The van der Waals surface area contributed by atoms with E-state index in [0.717, 1.165) is 12.1 Å². The number of hydrogen-bond donors (Lipinski definition) is 1. The van der Waals surface area contributed by atoms with Crippen LogP contribution in [-0.2, 0) is 16.1 Å². The van der Waals surface area contributed by atoms with E-state index >= 15 is 0 Å². The standard InChI is InChI=1S/C22H22F4N2O5/c23-21(24)32-16-5-3-14(18(12-16)33-22(25)26)4-6-19(29)28-9-7-15(8-10-28)20(30)27-13-17-2-1-11-31-17/h1-6,11-12,15,21-22H,7-10,13H2,(H,27,30)/b6-4+. The Bertz CT molecular complexity index is 958. The summed E-state index contributed by atoms with van der Waals surface area (Å²) in [6.07, 6.45) is 4.91. The number of alkyl halides is 4. The van der Waals surface area contributed by atoms with Crippen LogP contribution in [0.2, 0.25) is 0 Å². The molecule has 2 aromatic rings. The van der Waals surface area contributed by atoms with E-state index < -0.39 is 19.0 Å². The first-order valence-electron chi connectivity index (χ1n) is 10.1. The molecule has 2 heterocycles. The Morgan fingerprint density at radius 2 is 1.85 bits per heavy atom. The minimum absolute atomic E-state index is 0.0949. The minimum atomic E-state index is -3.19. The second-order valence-electron chi connectivity index (χ2n) is 7.19. The lowest BCUT2D eigenvalue weighted by Gasteiger charge is -2.30. The van der Waals surface area contributed by atoms with Crippen molar-refractivity contribution in [3.63, 3.8) is 0 Å². The highest BCUT2D eigenvalue weighted by molar-refractivity contribution is 5.92. The van der Waals surface area contributed by atoms with Gasteiger partial charge in [-0.15, -0.1) is 0 Å². The van der Waals surface area contributed by atoms with Crippen LogP contribution >= 0.6 is 0 Å². The Hall–Kier alpha value is -3.50. The highest BCUT2D eigenvalue weighted by atomic mass is 19.3. The SMILES string of the molecule is O=C(NCc1ccco1)C1CCN(C(=O)/C=C/c2ccc(OC(F)F)cc2OC(F)F)CC1. The molecule has 1 saturated heterocycles. The van der Waals surface area contributed by atoms with E-state index in [9.17, 15) is 27.2 Å². The molecular formula is C22H22F4N2O5. The van der Waals surface area contributed by atoms with Crippen LogP contribution in [-0.4, -0.2) is 43.0 Å². The molecule has 0 radical (unpaired) electrons. The van der Waals surface area contributed by atoms with Gasteiger partial charge in [0.25, 0.3) is 0 Å². The molecule has 1 aromatic carbocycles. The van der Waals surface area contributed by atoms with Gasteiger partial charge in [-0.2, -0.15) is 17.6 Å². The van der Waals surface area contributed by atoms with E-state index in [1.807, 2.05) is 0 Å². The van der Waals surface area contributed by atoms with E-state index in [1.54, 1.807) is 12.1 Å². The van der Waals surface area contributed by atoms with Crippen molar-refractivity contribution >= 4 is 17.9 Å². The summed E-state index contributed by atoms with van der Waals surface area (Å²) in [4.78, 5) is 26.3. The molecule has 1 aliphatic heterocycles. The number of likely N-dealkylation sites (tertiary alicyclic amines) is 1. The zero-order valence-corrected chi connectivity index (χ0v) is 17.4. The Balaban J connectivity index is 1.54. The third-order valence-electron chi connectivity index (χ3n) is 5.03. The molecule has 1 aromatic heterocycles. The zero-order chi connectivity index (χ0) is 23.8. The van der Waals surface area contributed by atoms with Crippen molar-refractivity contribution in [2.75, 3.05) is 13.1 Å². The largest absolute Gasteiger partial charge is 0.467 e. The van der Waals surface area contributed by atoms with Gasteiger partial charge in [-0.1, -0.05) is 0 Å². The topological polar surface area (TPSA) is 81.0 Å². The Kier molecular flexibility index (Phi) is 8.34. The fraction of sp³-hybridized carbons (Fsp3) is 0.364. The van der Waals surface area contributed by atoms with E-state index in [0.29, 0.717) is 31.7 Å². The fourth-order valence-electron chi connectivity index (χ4n) is 3.39. The van der Waals surface area contributed by atoms with Gasteiger partial charge in [-0.25, -0.2) is 0 Å². The van der Waals surface area contributed by atoms with Gasteiger partial charge in [0.2, 0.25) is 11.8 Å². The minimum Gasteiger partial charge on any atom is -0.467 e. The van der Waals surface area contributed by atoms with Crippen LogP contribution in [0.25, 0.3) is 6.08 Å². The van der Waals surface area contributed by atoms with Crippen molar-refractivity contribution in [3.8, 4) is 11.5 Å². The summed E-state index contributed by atoms with van der Waals surface area (Å²) in [5, 5.41) is 2.80. The molecule has 0 bridgehead atoms. The van der Waals surface area contributed by atoms with Gasteiger partial charge in [-0.05, 0) is 43.2 Å². The summed E-state index contributed by atoms with van der Waals surface area (Å²) in [5.74, 6) is -0.837. The van der Waals surface area contributed by atoms with Crippen LogP contribution in [0.1, 0.15) is 24.2 Å². The highest BCUT2D eigenvalue weighted by Gasteiger charge is 2.26. The Morgan fingerprint density at radius 1 is 1.12 bits per heavy atom. The number of piperidine rings is 1. The summed E-state index contributed by atoms with van der Waals surface area (Å²) in [7, 11) is 0. The smallest absolute Gasteiger partial charge is 0.387 e. The molecule has 178 valence electrons. The molecule has 11 heteroatoms. The van der Waals surface area contributed by atoms with Crippen LogP contribution in [0.5, 0.6) is 11.5 Å². The number of carbonyl (C=O) groups is 2. The number of amides is 2. The number of nitrogens with zero attached hydrogens (tertiary/aromatic N) is 1. The molecule has 1 fully saturated rings. The summed E-state index contributed by atoms with van der Waals surface area (Å²) >= 11 is 0. The third-order valence-corrected chi connectivity index (χ3v) is 5.03. The van der Waals surface area contributed by atoms with Gasteiger partial charge in [0.15, 0.2) is 0 Å². The number of halogens is 4. The van der Waals surface area contributed by atoms with Crippen LogP contribution in [0.15, 0.2) is 47.1 Å². The summed E-state index contributed by atoms with van der Waals surface area (Å²) in [6.45, 7) is -5.32. The third kappa shape index (κ3) is 7.26. The van der Waals surface area contributed by atoms with Crippen molar-refractivity contribution in [1.82, 2.24) is 10.2 Å². The number of rotatable bonds is 9. The molecule has 0 saturated carbocycles. The average Bonchev–Trinajstić information content (AvgIpc) is 3.30. The predicted molar refractivity (Wildman–Crippen MR) is 109 cm³/mol. The molecule has 1 N–H and O–H groups in total. The summed E-state index contributed by atoms with van der Waals surface area (Å²) in [5.41, 5.74) is 0.0949. The molecule has 0 aliphatic carbocycles. The van der Waals surface area contributed by atoms with Crippen molar-refractivity contribution in [1.29, 1.82) is 0 Å². The van der Waals surface area contributed by atoms with E-state index in [-0.39, 0.29) is 35.6 Å². The van der Waals surface area contributed by atoms with Crippen molar-refractivity contribution in [3.05, 3.63) is 54.0 Å². The van der Waals surface area contributed by atoms with Crippen molar-refractivity contribution in [2.45, 2.75) is 32.6 Å². The average molecular weight is 470 g/mol. The highest BCUT2D eigenvalue weighted by Crippen LogP contribution is 2.29. The lowest BCUT2D eigenvalue weighted by molar-refractivity contribution is -0.132. The fourth-order valence-corrected chi connectivity index (χ4v) is 3.39. The normalized spacial score (nSPS) is 14.8. The zero-order valence-electron chi connectivity index (χ0n) is 17.4. The second kappa shape index (κ2) is 11.4. The molecule has 7 nitrogen and oxygen atoms in total. The van der Waals surface area contributed by atoms with Crippen LogP contribution in [0.3, 0.4) is 0 Å². The van der Waals surface area contributed by atoms with E-state index in [1.165, 1.54) is 29.4 Å². The number of hydrogen-bond acceptors (Lipinski definition) is 5. The summed E-state index contributed by atoms with van der Waals surface area (Å²) in [6, 6.07) is 6.77. The lowest BCUT2D eigenvalue weighted by atomic mass is 9.96. The van der Waals surface area contributed by atoms with Gasteiger partial charge < -0.3 is 24.1 Å². The molecule has 0 atom stereocenters. The quantitative estimate of drug-likeness (QED) is 0.442. The maximum absolute atomic E-state index is 12.7. The number of nitrogens with one attached hydrogen (secondary N) is 1. The second-order valence-corrected chi connectivity index (χ2v) is 7.19. The van der Waals surface area contributed by atoms with E-state index in [2.05, 4.69) is 14.8 Å². The maximum atomic E-state index is 12.7. The van der Waals surface area contributed by atoms with Gasteiger partial charge in [0.1, 0.15) is 17.3 Å². The molecule has 33 heavy (non-hydrogen) atoms. The Morgan fingerprint density at radius 3 is 2.48 bits per heavy atom. The van der Waals surface area contributed by atoms with Gasteiger partial charge in [0.05, 0.1) is 12.8 Å². The van der Waals surface area contributed by atoms with Gasteiger partial charge in [0, 0.05) is 36.7 Å². The molecule has 0 spiro atoms. The van der Waals surface area contributed by atoms with Gasteiger partial charge >= 0.3 is 13.2 Å².